The number of furan rings is 1. The van der Waals surface area contributed by atoms with Crippen LogP contribution in [0, 0.1) is 0 Å². The molecule has 0 saturated heterocycles. The van der Waals surface area contributed by atoms with Crippen molar-refractivity contribution >= 4 is 44.6 Å². The zero-order valence-corrected chi connectivity index (χ0v) is 15.6. The van der Waals surface area contributed by atoms with Crippen LogP contribution in [0.3, 0.4) is 0 Å². The molecule has 0 radical (unpaired) electrons. The molecule has 0 bridgehead atoms. The Bertz CT molecular complexity index is 1120. The Morgan fingerprint density at radius 1 is 1.04 bits per heavy atom. The first kappa shape index (κ1) is 17.3. The monoisotopic (exact) mass is 423 g/mol. The van der Waals surface area contributed by atoms with Gasteiger partial charge in [-0.2, -0.15) is 0 Å². The molecule has 0 amide bonds. The summed E-state index contributed by atoms with van der Waals surface area (Å²) in [5.74, 6) is 0.513. The number of aromatic nitrogens is 1. The minimum absolute atomic E-state index is 0.224. The SMILES string of the molecule is O=C(O)CC(=Cc1ccc(-c2ccccc2Br)o1)c1nc2ccccc2o1. The molecule has 0 aliphatic carbocycles. The van der Waals surface area contributed by atoms with Gasteiger partial charge in [-0.15, -0.1) is 0 Å². The topological polar surface area (TPSA) is 76.5 Å². The molecule has 0 unspecified atom stereocenters. The summed E-state index contributed by atoms with van der Waals surface area (Å²) in [6.07, 6.45) is 1.43. The van der Waals surface area contributed by atoms with Gasteiger partial charge < -0.3 is 13.9 Å². The predicted octanol–water partition coefficient (Wildman–Crippen LogP) is 5.87. The lowest BCUT2D eigenvalue weighted by Crippen LogP contribution is -1.97. The average Bonchev–Trinajstić information content (AvgIpc) is 3.28. The number of carbonyl (C=O) groups is 1. The van der Waals surface area contributed by atoms with Gasteiger partial charge in [-0.05, 0) is 36.4 Å². The summed E-state index contributed by atoms with van der Waals surface area (Å²) < 4.78 is 12.5. The summed E-state index contributed by atoms with van der Waals surface area (Å²) in [7, 11) is 0. The first-order valence-corrected chi connectivity index (χ1v) is 9.02. The molecular formula is C21H14BrNO4. The Morgan fingerprint density at radius 2 is 1.81 bits per heavy atom. The molecule has 27 heavy (non-hydrogen) atoms. The number of nitrogens with zero attached hydrogens (tertiary/aromatic N) is 1. The molecule has 2 heterocycles. The van der Waals surface area contributed by atoms with Gasteiger partial charge in [0.1, 0.15) is 17.0 Å². The summed E-state index contributed by atoms with van der Waals surface area (Å²) >= 11 is 3.50. The zero-order chi connectivity index (χ0) is 18.8. The van der Waals surface area contributed by atoms with Gasteiger partial charge in [-0.3, -0.25) is 4.79 Å². The number of carboxylic acid groups (broad SMARTS) is 1. The fraction of sp³-hybridized carbons (Fsp3) is 0.0476. The third-order valence-corrected chi connectivity index (χ3v) is 4.68. The van der Waals surface area contributed by atoms with E-state index in [2.05, 4.69) is 20.9 Å². The van der Waals surface area contributed by atoms with Gasteiger partial charge in [0.25, 0.3) is 0 Å². The molecule has 0 spiro atoms. The van der Waals surface area contributed by atoms with Crippen LogP contribution in [0.4, 0.5) is 0 Å². The highest BCUT2D eigenvalue weighted by atomic mass is 79.9. The van der Waals surface area contributed by atoms with E-state index >= 15 is 0 Å². The van der Waals surface area contributed by atoms with Crippen molar-refractivity contribution < 1.29 is 18.7 Å². The van der Waals surface area contributed by atoms with Crippen molar-refractivity contribution in [2.75, 3.05) is 0 Å². The summed E-state index contributed by atoms with van der Waals surface area (Å²) in [6.45, 7) is 0. The Labute approximate surface area is 163 Å². The molecule has 134 valence electrons. The Morgan fingerprint density at radius 3 is 2.59 bits per heavy atom. The van der Waals surface area contributed by atoms with Crippen molar-refractivity contribution in [1.82, 2.24) is 4.98 Å². The van der Waals surface area contributed by atoms with E-state index in [4.69, 9.17) is 8.83 Å². The van der Waals surface area contributed by atoms with Crippen molar-refractivity contribution in [1.29, 1.82) is 0 Å². The van der Waals surface area contributed by atoms with E-state index in [0.29, 0.717) is 28.2 Å². The number of aliphatic carboxylic acids is 1. The molecular weight excluding hydrogens is 410 g/mol. The third kappa shape index (κ3) is 3.71. The van der Waals surface area contributed by atoms with Gasteiger partial charge in [-0.1, -0.05) is 46.3 Å². The van der Waals surface area contributed by atoms with Gasteiger partial charge >= 0.3 is 5.97 Å². The average molecular weight is 424 g/mol. The molecule has 1 N–H and O–H groups in total. The van der Waals surface area contributed by atoms with E-state index in [1.165, 1.54) is 0 Å². The fourth-order valence-corrected chi connectivity index (χ4v) is 3.25. The molecule has 4 aromatic rings. The van der Waals surface area contributed by atoms with Crippen LogP contribution in [-0.4, -0.2) is 16.1 Å². The molecule has 0 saturated carbocycles. The van der Waals surface area contributed by atoms with Gasteiger partial charge in [0.2, 0.25) is 5.89 Å². The predicted molar refractivity (Wildman–Crippen MR) is 106 cm³/mol. The van der Waals surface area contributed by atoms with Crippen LogP contribution in [-0.2, 0) is 4.79 Å². The zero-order valence-electron chi connectivity index (χ0n) is 14.1. The van der Waals surface area contributed by atoms with Crippen molar-refractivity contribution in [2.24, 2.45) is 0 Å². The van der Waals surface area contributed by atoms with Crippen LogP contribution in [0.2, 0.25) is 0 Å². The number of hydrogen-bond acceptors (Lipinski definition) is 4. The normalized spacial score (nSPS) is 11.8. The largest absolute Gasteiger partial charge is 0.481 e. The van der Waals surface area contributed by atoms with Crippen LogP contribution in [0.1, 0.15) is 18.1 Å². The second-order valence-corrected chi connectivity index (χ2v) is 6.76. The fourth-order valence-electron chi connectivity index (χ4n) is 2.77. The minimum Gasteiger partial charge on any atom is -0.481 e. The molecule has 0 aliphatic heterocycles. The summed E-state index contributed by atoms with van der Waals surface area (Å²) in [5.41, 5.74) is 2.64. The minimum atomic E-state index is -0.971. The molecule has 0 atom stereocenters. The van der Waals surface area contributed by atoms with Gasteiger partial charge in [-0.25, -0.2) is 4.98 Å². The Hall–Kier alpha value is -3.12. The van der Waals surface area contributed by atoms with Crippen LogP contribution >= 0.6 is 15.9 Å². The molecule has 6 heteroatoms. The van der Waals surface area contributed by atoms with E-state index in [1.54, 1.807) is 18.2 Å². The van der Waals surface area contributed by atoms with E-state index in [0.717, 1.165) is 10.0 Å². The molecule has 2 aromatic carbocycles. The number of benzene rings is 2. The lowest BCUT2D eigenvalue weighted by atomic mass is 10.1. The highest BCUT2D eigenvalue weighted by molar-refractivity contribution is 9.10. The van der Waals surface area contributed by atoms with Crippen LogP contribution in [0.25, 0.3) is 34.1 Å². The van der Waals surface area contributed by atoms with Crippen LogP contribution in [0.15, 0.2) is 74.0 Å². The number of para-hydroxylation sites is 2. The van der Waals surface area contributed by atoms with Crippen LogP contribution in [0.5, 0.6) is 0 Å². The van der Waals surface area contributed by atoms with E-state index in [9.17, 15) is 9.90 Å². The maximum absolute atomic E-state index is 11.3. The van der Waals surface area contributed by atoms with E-state index in [-0.39, 0.29) is 12.3 Å². The Balaban J connectivity index is 1.73. The van der Waals surface area contributed by atoms with Crippen molar-refractivity contribution in [3.8, 4) is 11.3 Å². The summed E-state index contributed by atoms with van der Waals surface area (Å²) in [4.78, 5) is 15.7. The molecule has 2 aromatic heterocycles. The number of hydrogen-bond donors (Lipinski definition) is 1. The maximum Gasteiger partial charge on any atom is 0.308 e. The van der Waals surface area contributed by atoms with Gasteiger partial charge in [0.15, 0.2) is 5.58 Å². The van der Waals surface area contributed by atoms with Crippen molar-refractivity contribution in [2.45, 2.75) is 6.42 Å². The second-order valence-electron chi connectivity index (χ2n) is 5.91. The smallest absolute Gasteiger partial charge is 0.308 e. The number of oxazole rings is 1. The van der Waals surface area contributed by atoms with Crippen molar-refractivity contribution in [3.05, 3.63) is 76.8 Å². The molecule has 5 nitrogen and oxygen atoms in total. The first-order valence-electron chi connectivity index (χ1n) is 8.23. The summed E-state index contributed by atoms with van der Waals surface area (Å²) in [6, 6.07) is 18.7. The lowest BCUT2D eigenvalue weighted by molar-refractivity contribution is -0.135. The lowest BCUT2D eigenvalue weighted by Gasteiger charge is -2.01. The number of fused-ring (bicyclic) bond motifs is 1. The highest BCUT2D eigenvalue weighted by Gasteiger charge is 2.15. The van der Waals surface area contributed by atoms with Crippen LogP contribution < -0.4 is 0 Å². The summed E-state index contributed by atoms with van der Waals surface area (Å²) in [5, 5.41) is 9.27. The standard InChI is InChI=1S/C21H14BrNO4/c22-16-6-2-1-5-15(16)18-10-9-14(26-18)11-13(12-20(24)25)21-23-17-7-3-4-8-19(17)27-21/h1-11H,12H2,(H,24,25). The van der Waals surface area contributed by atoms with Gasteiger partial charge in [0, 0.05) is 15.6 Å². The third-order valence-electron chi connectivity index (χ3n) is 3.99. The number of halogens is 1. The number of rotatable bonds is 5. The van der Waals surface area contributed by atoms with Crippen molar-refractivity contribution in [3.63, 3.8) is 0 Å². The molecule has 0 aliphatic rings. The quantitative estimate of drug-likeness (QED) is 0.434. The Kier molecular flexibility index (Phi) is 4.64. The maximum atomic E-state index is 11.3. The van der Waals surface area contributed by atoms with Gasteiger partial charge in [0.05, 0.1) is 6.42 Å². The molecule has 0 fully saturated rings. The second kappa shape index (κ2) is 7.25. The number of carboxylic acids is 1. The first-order chi connectivity index (χ1) is 13.1. The van der Waals surface area contributed by atoms with E-state index in [1.807, 2.05) is 48.5 Å². The van der Waals surface area contributed by atoms with E-state index < -0.39 is 5.97 Å². The highest BCUT2D eigenvalue weighted by Crippen LogP contribution is 2.31. The molecule has 4 rings (SSSR count).